The minimum atomic E-state index is -0.787. The highest BCUT2D eigenvalue weighted by Gasteiger charge is 2.13. The summed E-state index contributed by atoms with van der Waals surface area (Å²) in [5, 5.41) is 10.5. The van der Waals surface area contributed by atoms with Crippen LogP contribution in [0.25, 0.3) is 10.9 Å². The number of hydrogen-bond donors (Lipinski definition) is 2. The summed E-state index contributed by atoms with van der Waals surface area (Å²) in [6, 6.07) is 5.72. The molecule has 84 valence electrons. The van der Waals surface area contributed by atoms with Crippen molar-refractivity contribution in [1.82, 2.24) is 4.98 Å². The van der Waals surface area contributed by atoms with E-state index in [0.29, 0.717) is 11.4 Å². The lowest BCUT2D eigenvalue weighted by Crippen LogP contribution is -2.12. The molecular weight excluding hydrogens is 226 g/mol. The van der Waals surface area contributed by atoms with Crippen molar-refractivity contribution in [3.05, 3.63) is 35.0 Å². The van der Waals surface area contributed by atoms with Gasteiger partial charge in [0.15, 0.2) is 0 Å². The Hall–Kier alpha value is -1.48. The Bertz CT molecular complexity index is 533. The van der Waals surface area contributed by atoms with E-state index in [9.17, 15) is 4.79 Å². The molecule has 3 nitrogen and oxygen atoms in total. The van der Waals surface area contributed by atoms with Gasteiger partial charge in [0.05, 0.1) is 16.5 Å². The summed E-state index contributed by atoms with van der Waals surface area (Å²) in [4.78, 5) is 13.8. The molecule has 0 amide bonds. The first-order valence-electron chi connectivity index (χ1n) is 5.06. The molecule has 0 bridgehead atoms. The largest absolute Gasteiger partial charge is 0.481 e. The van der Waals surface area contributed by atoms with Gasteiger partial charge in [-0.1, -0.05) is 18.5 Å². The topological polar surface area (TPSA) is 53.1 Å². The average Bonchev–Trinajstić information content (AvgIpc) is 2.65. The second-order valence-corrected chi connectivity index (χ2v) is 4.37. The van der Waals surface area contributed by atoms with E-state index < -0.39 is 11.9 Å². The van der Waals surface area contributed by atoms with Crippen molar-refractivity contribution >= 4 is 28.5 Å². The summed E-state index contributed by atoms with van der Waals surface area (Å²) in [6.07, 6.45) is 2.32. The molecule has 0 radical (unpaired) electrons. The summed E-state index contributed by atoms with van der Waals surface area (Å²) < 4.78 is 0. The van der Waals surface area contributed by atoms with Gasteiger partial charge in [-0.05, 0) is 30.2 Å². The first-order valence-corrected chi connectivity index (χ1v) is 5.44. The number of benzene rings is 1. The molecule has 2 rings (SSSR count). The van der Waals surface area contributed by atoms with E-state index >= 15 is 0 Å². The van der Waals surface area contributed by atoms with Gasteiger partial charge in [-0.25, -0.2) is 0 Å². The molecular formula is C12H12ClNO2. The number of H-pyrrole nitrogens is 1. The predicted molar refractivity (Wildman–Crippen MR) is 63.8 cm³/mol. The van der Waals surface area contributed by atoms with Crippen molar-refractivity contribution in [2.24, 2.45) is 5.92 Å². The Labute approximate surface area is 98.0 Å². The zero-order valence-corrected chi connectivity index (χ0v) is 9.58. The second-order valence-electron chi connectivity index (χ2n) is 3.96. The third-order valence-electron chi connectivity index (χ3n) is 2.63. The van der Waals surface area contributed by atoms with Crippen molar-refractivity contribution in [3.63, 3.8) is 0 Å². The van der Waals surface area contributed by atoms with E-state index in [0.717, 1.165) is 16.5 Å². The molecule has 0 saturated carbocycles. The van der Waals surface area contributed by atoms with Crippen molar-refractivity contribution in [3.8, 4) is 0 Å². The minimum Gasteiger partial charge on any atom is -0.481 e. The Morgan fingerprint density at radius 1 is 1.56 bits per heavy atom. The highest BCUT2D eigenvalue weighted by Crippen LogP contribution is 2.25. The smallest absolute Gasteiger partial charge is 0.306 e. The molecule has 1 aromatic carbocycles. The molecule has 0 fully saturated rings. The van der Waals surface area contributed by atoms with Crippen LogP contribution in [0.5, 0.6) is 0 Å². The van der Waals surface area contributed by atoms with E-state index in [-0.39, 0.29) is 0 Å². The molecule has 1 heterocycles. The van der Waals surface area contributed by atoms with Gasteiger partial charge in [0.25, 0.3) is 0 Å². The number of carboxylic acid groups (broad SMARTS) is 1. The molecule has 1 aromatic heterocycles. The highest BCUT2D eigenvalue weighted by molar-refractivity contribution is 6.35. The molecule has 4 heteroatoms. The van der Waals surface area contributed by atoms with Gasteiger partial charge in [0, 0.05) is 11.6 Å². The molecule has 0 saturated heterocycles. The summed E-state index contributed by atoms with van der Waals surface area (Å²) in [5.41, 5.74) is 1.85. The lowest BCUT2D eigenvalue weighted by Gasteiger charge is -2.07. The van der Waals surface area contributed by atoms with Gasteiger partial charge in [-0.2, -0.15) is 0 Å². The molecule has 16 heavy (non-hydrogen) atoms. The van der Waals surface area contributed by atoms with Crippen LogP contribution < -0.4 is 0 Å². The van der Waals surface area contributed by atoms with E-state index in [2.05, 4.69) is 4.98 Å². The molecule has 1 atom stereocenters. The number of nitrogens with one attached hydrogen (secondary N) is 1. The zero-order chi connectivity index (χ0) is 11.7. The lowest BCUT2D eigenvalue weighted by atomic mass is 10.0. The number of carboxylic acids is 1. The van der Waals surface area contributed by atoms with E-state index in [1.807, 2.05) is 24.4 Å². The van der Waals surface area contributed by atoms with Crippen LogP contribution in [-0.2, 0) is 11.2 Å². The summed E-state index contributed by atoms with van der Waals surface area (Å²) in [5.74, 6) is -1.18. The van der Waals surface area contributed by atoms with E-state index in [1.54, 1.807) is 6.92 Å². The van der Waals surface area contributed by atoms with Crippen molar-refractivity contribution in [2.75, 3.05) is 0 Å². The van der Waals surface area contributed by atoms with Crippen LogP contribution >= 0.6 is 11.6 Å². The standard InChI is InChI=1S/C12H12ClNO2/c1-7(12(15)16)4-8-5-9-2-3-14-11(9)10(13)6-8/h2-3,5-7,14H,4H2,1H3,(H,15,16). The van der Waals surface area contributed by atoms with Crippen LogP contribution in [0.3, 0.4) is 0 Å². The Kier molecular flexibility index (Phi) is 2.88. The van der Waals surface area contributed by atoms with Crippen LogP contribution in [0.4, 0.5) is 0 Å². The Morgan fingerprint density at radius 2 is 2.31 bits per heavy atom. The van der Waals surface area contributed by atoms with Crippen LogP contribution in [0.15, 0.2) is 24.4 Å². The fraction of sp³-hybridized carbons (Fsp3) is 0.250. The summed E-state index contributed by atoms with van der Waals surface area (Å²) in [7, 11) is 0. The monoisotopic (exact) mass is 237 g/mol. The lowest BCUT2D eigenvalue weighted by molar-refractivity contribution is -0.141. The van der Waals surface area contributed by atoms with Gasteiger partial charge >= 0.3 is 5.97 Å². The number of rotatable bonds is 3. The Morgan fingerprint density at radius 3 is 3.00 bits per heavy atom. The maximum Gasteiger partial charge on any atom is 0.306 e. The maximum absolute atomic E-state index is 10.8. The van der Waals surface area contributed by atoms with Crippen LogP contribution in [-0.4, -0.2) is 16.1 Å². The SMILES string of the molecule is CC(Cc1cc(Cl)c2[nH]ccc2c1)C(=O)O. The van der Waals surface area contributed by atoms with Gasteiger partial charge in [0.2, 0.25) is 0 Å². The molecule has 0 spiro atoms. The number of aromatic nitrogens is 1. The fourth-order valence-corrected chi connectivity index (χ4v) is 2.05. The first kappa shape index (κ1) is 11.0. The van der Waals surface area contributed by atoms with E-state index in [4.69, 9.17) is 16.7 Å². The number of aliphatic carboxylic acids is 1. The fourth-order valence-electron chi connectivity index (χ4n) is 1.74. The molecule has 0 aliphatic rings. The third kappa shape index (κ3) is 2.04. The van der Waals surface area contributed by atoms with E-state index in [1.165, 1.54) is 0 Å². The normalized spacial score (nSPS) is 12.9. The van der Waals surface area contributed by atoms with Gasteiger partial charge in [-0.15, -0.1) is 0 Å². The molecule has 2 aromatic rings. The molecule has 1 unspecified atom stereocenters. The minimum absolute atomic E-state index is 0.396. The van der Waals surface area contributed by atoms with Crippen molar-refractivity contribution < 1.29 is 9.90 Å². The van der Waals surface area contributed by atoms with Gasteiger partial charge in [0.1, 0.15) is 0 Å². The molecule has 0 aliphatic carbocycles. The van der Waals surface area contributed by atoms with Crippen molar-refractivity contribution in [1.29, 1.82) is 0 Å². The number of aromatic amines is 1. The number of fused-ring (bicyclic) bond motifs is 1. The third-order valence-corrected chi connectivity index (χ3v) is 2.93. The molecule has 2 N–H and O–H groups in total. The van der Waals surface area contributed by atoms with Crippen LogP contribution in [0.2, 0.25) is 5.02 Å². The quantitative estimate of drug-likeness (QED) is 0.862. The molecule has 0 aliphatic heterocycles. The number of hydrogen-bond acceptors (Lipinski definition) is 1. The van der Waals surface area contributed by atoms with Gasteiger partial charge < -0.3 is 10.1 Å². The van der Waals surface area contributed by atoms with Crippen LogP contribution in [0.1, 0.15) is 12.5 Å². The summed E-state index contributed by atoms with van der Waals surface area (Å²) >= 11 is 6.09. The zero-order valence-electron chi connectivity index (χ0n) is 8.83. The van der Waals surface area contributed by atoms with Crippen LogP contribution in [0, 0.1) is 5.92 Å². The average molecular weight is 238 g/mol. The maximum atomic E-state index is 10.8. The highest BCUT2D eigenvalue weighted by atomic mass is 35.5. The second kappa shape index (κ2) is 4.18. The van der Waals surface area contributed by atoms with Gasteiger partial charge in [-0.3, -0.25) is 4.79 Å². The predicted octanol–water partition coefficient (Wildman–Crippen LogP) is 3.08. The number of halogens is 1. The number of carbonyl (C=O) groups is 1. The first-order chi connectivity index (χ1) is 7.58. The summed E-state index contributed by atoms with van der Waals surface area (Å²) in [6.45, 7) is 1.69. The van der Waals surface area contributed by atoms with Crippen molar-refractivity contribution in [2.45, 2.75) is 13.3 Å². The Balaban J connectivity index is 2.35.